The summed E-state index contributed by atoms with van der Waals surface area (Å²) in [6.45, 7) is 10.5. The van der Waals surface area contributed by atoms with Crippen LogP contribution < -0.4 is 9.47 Å². The summed E-state index contributed by atoms with van der Waals surface area (Å²) in [7, 11) is 0. The van der Waals surface area contributed by atoms with Crippen LogP contribution in [0.25, 0.3) is 0 Å². The second-order valence-corrected chi connectivity index (χ2v) is 8.86. The molecule has 2 rings (SSSR count). The van der Waals surface area contributed by atoms with Crippen LogP contribution in [0.1, 0.15) is 69.8 Å². The number of phenols is 1. The molecular weight excluding hydrogens is 446 g/mol. The molecule has 35 heavy (non-hydrogen) atoms. The van der Waals surface area contributed by atoms with Crippen LogP contribution in [0.4, 0.5) is 0 Å². The molecule has 190 valence electrons. The van der Waals surface area contributed by atoms with Gasteiger partial charge in [0.05, 0.1) is 25.3 Å². The molecule has 0 bridgehead atoms. The largest absolute Gasteiger partial charge is 0.507 e. The summed E-state index contributed by atoms with van der Waals surface area (Å²) in [6, 6.07) is 12.5. The fourth-order valence-corrected chi connectivity index (χ4v) is 3.73. The van der Waals surface area contributed by atoms with Crippen LogP contribution in [-0.2, 0) is 11.3 Å². The summed E-state index contributed by atoms with van der Waals surface area (Å²) in [5, 5.41) is 17.8. The first-order valence-electron chi connectivity index (χ1n) is 12.1. The average Bonchev–Trinajstić information content (AvgIpc) is 2.78. The lowest BCUT2D eigenvalue weighted by atomic mass is 10.1. The monoisotopic (exact) mass is 483 g/mol. The van der Waals surface area contributed by atoms with Crippen molar-refractivity contribution < 1.29 is 24.2 Å². The molecule has 8 heteroatoms. The van der Waals surface area contributed by atoms with Crippen LogP contribution >= 0.6 is 0 Å². The number of amides is 2. The summed E-state index contributed by atoms with van der Waals surface area (Å²) in [5.74, 6) is 0.680. The second-order valence-electron chi connectivity index (χ2n) is 8.86. The number of phenolic OH excluding ortho intramolecular Hbond substituents is 1. The normalized spacial score (nSPS) is 11.3. The van der Waals surface area contributed by atoms with Gasteiger partial charge in [-0.2, -0.15) is 5.11 Å². The third-order valence-corrected chi connectivity index (χ3v) is 5.29. The van der Waals surface area contributed by atoms with Gasteiger partial charge in [0.25, 0.3) is 11.8 Å². The van der Waals surface area contributed by atoms with Crippen LogP contribution in [0.5, 0.6) is 17.2 Å². The van der Waals surface area contributed by atoms with Crippen molar-refractivity contribution in [3.05, 3.63) is 53.6 Å². The van der Waals surface area contributed by atoms with Crippen molar-refractivity contribution in [3.63, 3.8) is 0 Å². The van der Waals surface area contributed by atoms with Crippen molar-refractivity contribution in [3.8, 4) is 17.2 Å². The average molecular weight is 484 g/mol. The Balaban J connectivity index is 1.75. The zero-order chi connectivity index (χ0) is 25.8. The molecule has 0 fully saturated rings. The first-order valence-corrected chi connectivity index (χ1v) is 12.1. The quantitative estimate of drug-likeness (QED) is 0.288. The molecule has 8 nitrogen and oxygen atoms in total. The van der Waals surface area contributed by atoms with Gasteiger partial charge in [-0.05, 0) is 65.2 Å². The standard InChI is InChI=1S/C27H37N3O5/c1-19(2)30(20(3)4)27(33)24-14-13-23(17-25(24)32)34-15-9-6-10-16-35-26-12-8-7-11-22(26)18-28-29-21(5)31/h7-8,11-14,17,19-20,32H,6,9-10,15-16,18H2,1-5H3. The first-order chi connectivity index (χ1) is 16.7. The summed E-state index contributed by atoms with van der Waals surface area (Å²) >= 11 is 0. The van der Waals surface area contributed by atoms with E-state index in [1.165, 1.54) is 13.0 Å². The number of azo groups is 1. The van der Waals surface area contributed by atoms with E-state index in [0.717, 1.165) is 30.6 Å². The van der Waals surface area contributed by atoms with E-state index in [1.54, 1.807) is 17.0 Å². The van der Waals surface area contributed by atoms with Gasteiger partial charge in [-0.3, -0.25) is 9.59 Å². The maximum Gasteiger partial charge on any atom is 0.261 e. The molecule has 0 atom stereocenters. The van der Waals surface area contributed by atoms with Crippen LogP contribution in [0, 0.1) is 0 Å². The molecule has 0 unspecified atom stereocenters. The molecule has 2 aromatic carbocycles. The van der Waals surface area contributed by atoms with Gasteiger partial charge in [0.15, 0.2) is 0 Å². The number of para-hydroxylation sites is 1. The van der Waals surface area contributed by atoms with Crippen LogP contribution in [0.3, 0.4) is 0 Å². The van der Waals surface area contributed by atoms with E-state index in [9.17, 15) is 14.7 Å². The molecular formula is C27H37N3O5. The molecule has 1 N–H and O–H groups in total. The molecule has 2 aromatic rings. The number of carbonyl (C=O) groups is 2. The Kier molecular flexibility index (Phi) is 11.2. The van der Waals surface area contributed by atoms with Crippen molar-refractivity contribution in [2.75, 3.05) is 13.2 Å². The number of aromatic hydroxyl groups is 1. The van der Waals surface area contributed by atoms with Gasteiger partial charge in [0, 0.05) is 30.6 Å². The van der Waals surface area contributed by atoms with Gasteiger partial charge in [-0.15, -0.1) is 5.11 Å². The lowest BCUT2D eigenvalue weighted by Gasteiger charge is -2.31. The van der Waals surface area contributed by atoms with Crippen molar-refractivity contribution in [2.45, 2.75) is 72.5 Å². The maximum atomic E-state index is 12.8. The van der Waals surface area contributed by atoms with E-state index in [2.05, 4.69) is 10.2 Å². The number of unbranched alkanes of at least 4 members (excludes halogenated alkanes) is 2. The minimum absolute atomic E-state index is 0.0347. The topological polar surface area (TPSA) is 101 Å². The van der Waals surface area contributed by atoms with Gasteiger partial charge in [-0.25, -0.2) is 0 Å². The maximum absolute atomic E-state index is 12.8. The third kappa shape index (κ3) is 9.03. The van der Waals surface area contributed by atoms with Gasteiger partial charge in [0.2, 0.25) is 0 Å². The van der Waals surface area contributed by atoms with Crippen LogP contribution in [0.2, 0.25) is 0 Å². The van der Waals surface area contributed by atoms with E-state index in [4.69, 9.17) is 9.47 Å². The minimum Gasteiger partial charge on any atom is -0.507 e. The Morgan fingerprint density at radius 1 is 0.943 bits per heavy atom. The minimum atomic E-state index is -0.325. The van der Waals surface area contributed by atoms with Crippen molar-refractivity contribution in [1.82, 2.24) is 4.90 Å². The van der Waals surface area contributed by atoms with Gasteiger partial charge in [-0.1, -0.05) is 18.2 Å². The highest BCUT2D eigenvalue weighted by molar-refractivity contribution is 5.97. The summed E-state index contributed by atoms with van der Waals surface area (Å²) in [4.78, 5) is 25.5. The fraction of sp³-hybridized carbons (Fsp3) is 0.481. The van der Waals surface area contributed by atoms with E-state index >= 15 is 0 Å². The Morgan fingerprint density at radius 2 is 1.60 bits per heavy atom. The lowest BCUT2D eigenvalue weighted by molar-refractivity contribution is -0.116. The van der Waals surface area contributed by atoms with Gasteiger partial charge < -0.3 is 19.5 Å². The smallest absolute Gasteiger partial charge is 0.261 e. The number of hydrogen-bond donors (Lipinski definition) is 1. The highest BCUT2D eigenvalue weighted by Gasteiger charge is 2.24. The first kappa shape index (κ1) is 27.8. The Labute approximate surface area is 208 Å². The van der Waals surface area contributed by atoms with Crippen LogP contribution in [-0.4, -0.2) is 47.1 Å². The number of hydrogen-bond acceptors (Lipinski definition) is 6. The highest BCUT2D eigenvalue weighted by Crippen LogP contribution is 2.26. The molecule has 0 aliphatic heterocycles. The molecule has 0 aromatic heterocycles. The fourth-order valence-electron chi connectivity index (χ4n) is 3.73. The summed E-state index contributed by atoms with van der Waals surface area (Å²) in [5.41, 5.74) is 1.16. The Morgan fingerprint density at radius 3 is 2.23 bits per heavy atom. The van der Waals surface area contributed by atoms with E-state index in [0.29, 0.717) is 25.5 Å². The molecule has 0 aliphatic rings. The number of rotatable bonds is 13. The molecule has 2 amide bonds. The zero-order valence-electron chi connectivity index (χ0n) is 21.4. The van der Waals surface area contributed by atoms with Crippen LogP contribution in [0.15, 0.2) is 52.7 Å². The van der Waals surface area contributed by atoms with Gasteiger partial charge in [0.1, 0.15) is 17.2 Å². The van der Waals surface area contributed by atoms with Crippen molar-refractivity contribution >= 4 is 11.8 Å². The summed E-state index contributed by atoms with van der Waals surface area (Å²) < 4.78 is 11.6. The van der Waals surface area contributed by atoms with Crippen molar-refractivity contribution in [1.29, 1.82) is 0 Å². The predicted octanol–water partition coefficient (Wildman–Crippen LogP) is 5.78. The van der Waals surface area contributed by atoms with E-state index < -0.39 is 0 Å². The number of ether oxygens (including phenoxy) is 2. The molecule has 0 saturated carbocycles. The Hall–Kier alpha value is -3.42. The van der Waals surface area contributed by atoms with E-state index in [1.807, 2.05) is 52.0 Å². The number of carbonyl (C=O) groups excluding carboxylic acids is 2. The molecule has 0 radical (unpaired) electrons. The van der Waals surface area contributed by atoms with E-state index in [-0.39, 0.29) is 35.2 Å². The van der Waals surface area contributed by atoms with Gasteiger partial charge >= 0.3 is 0 Å². The van der Waals surface area contributed by atoms with Crippen molar-refractivity contribution in [2.24, 2.45) is 10.2 Å². The molecule has 0 spiro atoms. The molecule has 0 aliphatic carbocycles. The lowest BCUT2D eigenvalue weighted by Crippen LogP contribution is -2.42. The highest BCUT2D eigenvalue weighted by atomic mass is 16.5. The number of benzene rings is 2. The predicted molar refractivity (Wildman–Crippen MR) is 135 cm³/mol. The number of nitrogens with zero attached hydrogens (tertiary/aromatic N) is 3. The Bertz CT molecular complexity index is 996. The molecule has 0 heterocycles. The SMILES string of the molecule is CC(=O)N=NCc1ccccc1OCCCCCOc1ccc(C(=O)N(C(C)C)C(C)C)c(O)c1. The summed E-state index contributed by atoms with van der Waals surface area (Å²) in [6.07, 6.45) is 2.59. The zero-order valence-corrected chi connectivity index (χ0v) is 21.4. The third-order valence-electron chi connectivity index (χ3n) is 5.29. The second kappa shape index (κ2) is 14.1. The molecule has 0 saturated heterocycles.